The van der Waals surface area contributed by atoms with Crippen LogP contribution in [0.25, 0.3) is 0 Å². The van der Waals surface area contributed by atoms with E-state index in [-0.39, 0.29) is 12.0 Å². The highest BCUT2D eigenvalue weighted by Gasteiger charge is 2.31. The van der Waals surface area contributed by atoms with Crippen molar-refractivity contribution in [1.82, 2.24) is 0 Å². The first-order valence-corrected chi connectivity index (χ1v) is 16.7. The number of aliphatic hydroxyl groups excluding tert-OH is 1. The molecule has 0 amide bonds. The standard InChI is InChI=1S/C32H52O3S2/c1-31(2,23-33)21-9-7-13-24-15-11-19-28(36-24)26-17-5-6-18-27(26)29-20-12-16-25(37-29)14-8-10-22-32(3,4)30(34)35/h5-6,17-18,24-25,28-29,33H,7-16,19-23H2,1-4H3,(H,34,35). The Labute approximate surface area is 235 Å². The average Bonchev–Trinajstić information content (AvgIpc) is 2.89. The number of benzene rings is 1. The minimum Gasteiger partial charge on any atom is -0.481 e. The van der Waals surface area contributed by atoms with Crippen LogP contribution in [0.1, 0.15) is 139 Å². The van der Waals surface area contributed by atoms with E-state index >= 15 is 0 Å². The van der Waals surface area contributed by atoms with Crippen LogP contribution in [0.2, 0.25) is 0 Å². The summed E-state index contributed by atoms with van der Waals surface area (Å²) in [5, 5.41) is 21.6. The monoisotopic (exact) mass is 548 g/mol. The molecule has 0 aliphatic carbocycles. The summed E-state index contributed by atoms with van der Waals surface area (Å²) in [6.07, 6.45) is 16.9. The third-order valence-electron chi connectivity index (χ3n) is 8.60. The highest BCUT2D eigenvalue weighted by molar-refractivity contribution is 8.00. The summed E-state index contributed by atoms with van der Waals surface area (Å²) in [5.41, 5.74) is 2.64. The lowest BCUT2D eigenvalue weighted by Crippen LogP contribution is -2.23. The molecule has 0 aromatic heterocycles. The molecule has 37 heavy (non-hydrogen) atoms. The fourth-order valence-corrected chi connectivity index (χ4v) is 9.35. The summed E-state index contributed by atoms with van der Waals surface area (Å²) in [6.45, 7) is 8.33. The molecule has 2 aliphatic heterocycles. The fraction of sp³-hybridized carbons (Fsp3) is 0.781. The lowest BCUT2D eigenvalue weighted by Gasteiger charge is -2.34. The summed E-state index contributed by atoms with van der Waals surface area (Å²) in [5.74, 6) is -0.676. The SMILES string of the molecule is CC(C)(CO)CCCCC1CCCC(c2ccccc2C2CCCC(CCCCC(C)(C)C(=O)O)S2)S1. The van der Waals surface area contributed by atoms with Crippen LogP contribution in [-0.4, -0.2) is 33.3 Å². The molecule has 210 valence electrons. The molecule has 2 saturated heterocycles. The van der Waals surface area contributed by atoms with Gasteiger partial charge >= 0.3 is 5.97 Å². The Hall–Kier alpha value is -0.650. The van der Waals surface area contributed by atoms with Crippen LogP contribution in [0.3, 0.4) is 0 Å². The molecule has 4 unspecified atom stereocenters. The van der Waals surface area contributed by atoms with Gasteiger partial charge in [0.25, 0.3) is 0 Å². The van der Waals surface area contributed by atoms with Crippen molar-refractivity contribution in [2.24, 2.45) is 10.8 Å². The predicted octanol–water partition coefficient (Wildman–Crippen LogP) is 9.59. The van der Waals surface area contributed by atoms with Gasteiger partial charge in [-0.2, -0.15) is 23.5 Å². The molecule has 2 heterocycles. The van der Waals surface area contributed by atoms with Gasteiger partial charge in [0.05, 0.1) is 5.41 Å². The second-order valence-corrected chi connectivity index (χ2v) is 16.0. The molecule has 3 rings (SSSR count). The molecular weight excluding hydrogens is 496 g/mol. The summed E-state index contributed by atoms with van der Waals surface area (Å²) < 4.78 is 0. The number of rotatable bonds is 14. The first-order chi connectivity index (χ1) is 17.6. The maximum atomic E-state index is 11.4. The minimum absolute atomic E-state index is 0.0613. The van der Waals surface area contributed by atoms with E-state index in [1.165, 1.54) is 64.2 Å². The van der Waals surface area contributed by atoms with Gasteiger partial charge in [-0.05, 0) is 81.8 Å². The van der Waals surface area contributed by atoms with Crippen LogP contribution in [0.4, 0.5) is 0 Å². The van der Waals surface area contributed by atoms with Crippen LogP contribution < -0.4 is 0 Å². The molecule has 1 aromatic rings. The zero-order valence-electron chi connectivity index (χ0n) is 23.8. The van der Waals surface area contributed by atoms with Gasteiger partial charge in [0.2, 0.25) is 0 Å². The molecule has 0 saturated carbocycles. The first kappa shape index (κ1) is 30.9. The van der Waals surface area contributed by atoms with E-state index in [2.05, 4.69) is 61.6 Å². The van der Waals surface area contributed by atoms with Gasteiger partial charge in [-0.25, -0.2) is 0 Å². The lowest BCUT2D eigenvalue weighted by atomic mass is 9.87. The predicted molar refractivity (Wildman–Crippen MR) is 162 cm³/mol. The lowest BCUT2D eigenvalue weighted by molar-refractivity contribution is -0.147. The Morgan fingerprint density at radius 3 is 1.76 bits per heavy atom. The smallest absolute Gasteiger partial charge is 0.309 e. The van der Waals surface area contributed by atoms with Crippen molar-refractivity contribution in [2.75, 3.05) is 6.61 Å². The molecule has 0 spiro atoms. The summed E-state index contributed by atoms with van der Waals surface area (Å²) in [6, 6.07) is 9.31. The largest absolute Gasteiger partial charge is 0.481 e. The number of carbonyl (C=O) groups is 1. The Morgan fingerprint density at radius 1 is 0.811 bits per heavy atom. The maximum absolute atomic E-state index is 11.4. The number of unbranched alkanes of at least 4 members (excludes halogenated alkanes) is 2. The van der Waals surface area contributed by atoms with E-state index in [0.717, 1.165) is 30.9 Å². The van der Waals surface area contributed by atoms with Gasteiger partial charge in [0.1, 0.15) is 0 Å². The van der Waals surface area contributed by atoms with E-state index < -0.39 is 11.4 Å². The summed E-state index contributed by atoms with van der Waals surface area (Å²) in [4.78, 5) is 11.4. The van der Waals surface area contributed by atoms with Crippen LogP contribution >= 0.6 is 23.5 Å². The van der Waals surface area contributed by atoms with Crippen LogP contribution in [-0.2, 0) is 4.79 Å². The summed E-state index contributed by atoms with van der Waals surface area (Å²) in [7, 11) is 0. The molecule has 3 nitrogen and oxygen atoms in total. The number of carboxylic acid groups (broad SMARTS) is 1. The highest BCUT2D eigenvalue weighted by atomic mass is 32.2. The highest BCUT2D eigenvalue weighted by Crippen LogP contribution is 2.50. The molecule has 4 atom stereocenters. The molecule has 0 bridgehead atoms. The number of carboxylic acids is 1. The number of aliphatic carboxylic acids is 1. The van der Waals surface area contributed by atoms with Crippen molar-refractivity contribution in [3.05, 3.63) is 35.4 Å². The average molecular weight is 549 g/mol. The van der Waals surface area contributed by atoms with E-state index in [1.54, 1.807) is 11.1 Å². The van der Waals surface area contributed by atoms with Crippen LogP contribution in [0.5, 0.6) is 0 Å². The van der Waals surface area contributed by atoms with Crippen LogP contribution in [0, 0.1) is 10.8 Å². The Balaban J connectivity index is 1.52. The van der Waals surface area contributed by atoms with Crippen molar-refractivity contribution in [3.63, 3.8) is 0 Å². The third kappa shape index (κ3) is 9.80. The molecule has 2 fully saturated rings. The van der Waals surface area contributed by atoms with Gasteiger partial charge in [-0.3, -0.25) is 4.79 Å². The zero-order valence-corrected chi connectivity index (χ0v) is 25.5. The third-order valence-corrected chi connectivity index (χ3v) is 12.0. The molecule has 0 radical (unpaired) electrons. The number of aliphatic hydroxyl groups is 1. The Bertz CT molecular complexity index is 837. The normalized spacial score (nSPS) is 25.2. The second-order valence-electron chi connectivity index (χ2n) is 13.0. The molecule has 2 N–H and O–H groups in total. The van der Waals surface area contributed by atoms with Gasteiger partial charge < -0.3 is 10.2 Å². The van der Waals surface area contributed by atoms with Crippen molar-refractivity contribution >= 4 is 29.5 Å². The second kappa shape index (κ2) is 14.7. The van der Waals surface area contributed by atoms with Crippen molar-refractivity contribution < 1.29 is 15.0 Å². The Morgan fingerprint density at radius 2 is 1.30 bits per heavy atom. The van der Waals surface area contributed by atoms with E-state index in [1.807, 2.05) is 13.8 Å². The topological polar surface area (TPSA) is 57.5 Å². The van der Waals surface area contributed by atoms with Gasteiger partial charge in [0.15, 0.2) is 0 Å². The van der Waals surface area contributed by atoms with Gasteiger partial charge in [-0.1, -0.05) is 76.6 Å². The zero-order chi connectivity index (χ0) is 26.9. The minimum atomic E-state index is -0.676. The maximum Gasteiger partial charge on any atom is 0.309 e. The van der Waals surface area contributed by atoms with Crippen molar-refractivity contribution in [2.45, 2.75) is 139 Å². The summed E-state index contributed by atoms with van der Waals surface area (Å²) >= 11 is 4.45. The van der Waals surface area contributed by atoms with E-state index in [9.17, 15) is 15.0 Å². The van der Waals surface area contributed by atoms with E-state index in [0.29, 0.717) is 15.7 Å². The number of thioether (sulfide) groups is 2. The molecule has 5 heteroatoms. The van der Waals surface area contributed by atoms with Gasteiger partial charge in [0, 0.05) is 27.6 Å². The quantitative estimate of drug-likeness (QED) is 0.227. The Kier molecular flexibility index (Phi) is 12.2. The van der Waals surface area contributed by atoms with Crippen LogP contribution in [0.15, 0.2) is 24.3 Å². The van der Waals surface area contributed by atoms with Crippen molar-refractivity contribution in [1.29, 1.82) is 0 Å². The molecular formula is C32H52O3S2. The first-order valence-electron chi connectivity index (χ1n) is 14.9. The number of hydrogen-bond donors (Lipinski definition) is 2. The molecule has 2 aliphatic rings. The fourth-order valence-electron chi connectivity index (χ4n) is 5.88. The van der Waals surface area contributed by atoms with Gasteiger partial charge in [-0.15, -0.1) is 0 Å². The van der Waals surface area contributed by atoms with Crippen molar-refractivity contribution in [3.8, 4) is 0 Å². The van der Waals surface area contributed by atoms with E-state index in [4.69, 9.17) is 0 Å². The number of hydrogen-bond acceptors (Lipinski definition) is 4. The molecule has 1 aromatic carbocycles.